The third-order valence-corrected chi connectivity index (χ3v) is 9.46. The number of rotatable bonds is 10. The first-order valence-corrected chi connectivity index (χ1v) is 16.7. The Labute approximate surface area is 304 Å². The number of carbonyl (C=O) groups excluding carboxylic acids is 3. The highest BCUT2D eigenvalue weighted by Crippen LogP contribution is 2.39. The minimum Gasteiger partial charge on any atom is -0.323 e. The van der Waals surface area contributed by atoms with E-state index < -0.39 is 34.7 Å². The van der Waals surface area contributed by atoms with Gasteiger partial charge in [-0.1, -0.05) is 102 Å². The Hall–Kier alpha value is -4.74. The molecule has 0 heterocycles. The molecule has 3 N–H and O–H groups in total. The van der Waals surface area contributed by atoms with E-state index in [-0.39, 0.29) is 26.5 Å². The quantitative estimate of drug-likeness (QED) is 0.0979. The van der Waals surface area contributed by atoms with Crippen LogP contribution in [0.3, 0.4) is 0 Å². The maximum Gasteiger partial charge on any atom is 0.416 e. The second kappa shape index (κ2) is 16.3. The van der Waals surface area contributed by atoms with E-state index >= 15 is 0 Å². The minimum absolute atomic E-state index is 0.0600. The van der Waals surface area contributed by atoms with Crippen LogP contribution < -0.4 is 16.0 Å². The maximum atomic E-state index is 13.6. The number of anilines is 2. The molecule has 0 saturated carbocycles. The van der Waals surface area contributed by atoms with Crippen LogP contribution in [0.25, 0.3) is 6.08 Å². The summed E-state index contributed by atoms with van der Waals surface area (Å²) in [5.41, 5.74) is 0.324. The molecule has 5 aromatic rings. The lowest BCUT2D eigenvalue weighted by molar-refractivity contribution is -0.137. The first-order valence-electron chi connectivity index (χ1n) is 14.7. The Bertz CT molecular complexity index is 2060. The van der Waals surface area contributed by atoms with Gasteiger partial charge in [-0.05, 0) is 71.8 Å². The summed E-state index contributed by atoms with van der Waals surface area (Å²) >= 11 is 19.8. The lowest BCUT2D eigenvalue weighted by Gasteiger charge is -2.19. The summed E-state index contributed by atoms with van der Waals surface area (Å²) in [6.45, 7) is 0. The predicted octanol–water partition coefficient (Wildman–Crippen LogP) is 10.5. The van der Waals surface area contributed by atoms with E-state index in [1.54, 1.807) is 103 Å². The third kappa shape index (κ3) is 9.48. The molecule has 0 aliphatic rings. The number of carbonyl (C=O) groups is 3. The number of thioether (sulfide) groups is 1. The van der Waals surface area contributed by atoms with Gasteiger partial charge >= 0.3 is 6.18 Å². The molecule has 0 spiro atoms. The molecule has 1 unspecified atom stereocenters. The summed E-state index contributed by atoms with van der Waals surface area (Å²) in [6, 6.07) is 31.1. The van der Waals surface area contributed by atoms with Crippen molar-refractivity contribution in [2.45, 2.75) is 16.3 Å². The highest BCUT2D eigenvalue weighted by Gasteiger charge is 2.32. The Morgan fingerprint density at radius 2 is 1.40 bits per heavy atom. The zero-order valence-electron chi connectivity index (χ0n) is 25.6. The molecule has 3 amide bonds. The van der Waals surface area contributed by atoms with Crippen LogP contribution in [-0.4, -0.2) is 17.7 Å². The van der Waals surface area contributed by atoms with Crippen molar-refractivity contribution in [1.82, 2.24) is 5.32 Å². The van der Waals surface area contributed by atoms with Gasteiger partial charge in [0, 0.05) is 16.1 Å². The smallest absolute Gasteiger partial charge is 0.323 e. The second-order valence-corrected chi connectivity index (χ2v) is 13.0. The summed E-state index contributed by atoms with van der Waals surface area (Å²) in [4.78, 5) is 40.9. The fourth-order valence-corrected chi connectivity index (χ4v) is 6.22. The molecule has 0 aliphatic carbocycles. The zero-order valence-corrected chi connectivity index (χ0v) is 28.7. The molecule has 0 bridgehead atoms. The maximum absolute atomic E-state index is 13.6. The Morgan fingerprint density at radius 1 is 0.720 bits per heavy atom. The van der Waals surface area contributed by atoms with Crippen LogP contribution in [0.15, 0.2) is 132 Å². The van der Waals surface area contributed by atoms with E-state index in [1.807, 2.05) is 0 Å². The normalized spacial score (nSPS) is 12.2. The van der Waals surface area contributed by atoms with Gasteiger partial charge in [0.1, 0.15) is 10.9 Å². The Kier molecular flexibility index (Phi) is 11.9. The van der Waals surface area contributed by atoms with Crippen LogP contribution >= 0.6 is 46.6 Å². The summed E-state index contributed by atoms with van der Waals surface area (Å²) in [5.74, 6) is -1.83. The molecular weight excluding hydrogens is 730 g/mol. The van der Waals surface area contributed by atoms with Crippen LogP contribution in [0.5, 0.6) is 0 Å². The van der Waals surface area contributed by atoms with Crippen molar-refractivity contribution < 1.29 is 27.6 Å². The number of nitrogens with one attached hydrogen (secondary N) is 3. The van der Waals surface area contributed by atoms with Gasteiger partial charge in [-0.2, -0.15) is 13.2 Å². The molecule has 13 heteroatoms. The highest BCUT2D eigenvalue weighted by molar-refractivity contribution is 8.00. The summed E-state index contributed by atoms with van der Waals surface area (Å²) in [6.07, 6.45) is -3.24. The molecule has 1 atom stereocenters. The number of benzene rings is 5. The number of hydrogen-bond donors (Lipinski definition) is 3. The number of alkyl halides is 3. The highest BCUT2D eigenvalue weighted by atomic mass is 35.5. The molecule has 6 nitrogen and oxygen atoms in total. The van der Waals surface area contributed by atoms with E-state index in [1.165, 1.54) is 6.08 Å². The fraction of sp³-hybridized carbons (Fsp3) is 0.0541. The average Bonchev–Trinajstić information content (AvgIpc) is 3.10. The topological polar surface area (TPSA) is 87.3 Å². The van der Waals surface area contributed by atoms with E-state index in [9.17, 15) is 27.6 Å². The van der Waals surface area contributed by atoms with Crippen molar-refractivity contribution in [3.05, 3.63) is 164 Å². The van der Waals surface area contributed by atoms with E-state index in [0.29, 0.717) is 27.3 Å². The van der Waals surface area contributed by atoms with Crippen molar-refractivity contribution in [1.29, 1.82) is 0 Å². The van der Waals surface area contributed by atoms with Gasteiger partial charge in [-0.3, -0.25) is 14.4 Å². The molecule has 254 valence electrons. The molecule has 0 aliphatic heterocycles. The molecule has 0 aromatic heterocycles. The number of amides is 3. The summed E-state index contributed by atoms with van der Waals surface area (Å²) in [7, 11) is 0. The predicted molar refractivity (Wildman–Crippen MR) is 194 cm³/mol. The first kappa shape index (κ1) is 36.5. The SMILES string of the molecule is O=C(Nc1cccc(SC(C(=O)Nc2cc(C(F)(F)F)ccc2Cl)c2ccccc2)c1)/C(=C\c1cccc(Cl)c1Cl)NC(=O)c1ccccc1. The van der Waals surface area contributed by atoms with Crippen molar-refractivity contribution in [3.8, 4) is 0 Å². The van der Waals surface area contributed by atoms with Gasteiger partial charge in [-0.15, -0.1) is 11.8 Å². The van der Waals surface area contributed by atoms with Gasteiger partial charge in [-0.25, -0.2) is 0 Å². The van der Waals surface area contributed by atoms with Crippen molar-refractivity contribution in [2.24, 2.45) is 0 Å². The second-order valence-electron chi connectivity index (χ2n) is 10.6. The monoisotopic (exact) mass is 753 g/mol. The van der Waals surface area contributed by atoms with Gasteiger partial charge in [0.2, 0.25) is 5.91 Å². The lowest BCUT2D eigenvalue weighted by atomic mass is 10.1. The molecule has 0 radical (unpaired) electrons. The molecule has 0 fully saturated rings. The van der Waals surface area contributed by atoms with Crippen LogP contribution in [0.4, 0.5) is 24.5 Å². The average molecular weight is 755 g/mol. The lowest BCUT2D eigenvalue weighted by Crippen LogP contribution is -2.30. The van der Waals surface area contributed by atoms with Crippen LogP contribution in [0, 0.1) is 0 Å². The van der Waals surface area contributed by atoms with Gasteiger partial charge in [0.15, 0.2) is 0 Å². The van der Waals surface area contributed by atoms with Crippen molar-refractivity contribution >= 4 is 81.7 Å². The van der Waals surface area contributed by atoms with E-state index in [4.69, 9.17) is 34.8 Å². The fourth-order valence-electron chi connectivity index (χ4n) is 4.61. The van der Waals surface area contributed by atoms with Crippen LogP contribution in [-0.2, 0) is 15.8 Å². The van der Waals surface area contributed by atoms with Gasteiger partial charge in [0.05, 0.1) is 26.3 Å². The first-order chi connectivity index (χ1) is 23.9. The van der Waals surface area contributed by atoms with Gasteiger partial charge < -0.3 is 16.0 Å². The van der Waals surface area contributed by atoms with E-state index in [2.05, 4.69) is 16.0 Å². The summed E-state index contributed by atoms with van der Waals surface area (Å²) < 4.78 is 40.2. The molecule has 0 saturated heterocycles. The molecule has 50 heavy (non-hydrogen) atoms. The standard InChI is InChI=1S/C37H25Cl3F3N3O3S/c38-28-18-17-25(37(41,42)43)20-30(28)45-36(49)33(22-9-3-1-4-10-22)50-27-15-8-14-26(21-27)44-35(48)31(19-24-13-7-16-29(39)32(24)40)46-34(47)23-11-5-2-6-12-23/h1-21,33H,(H,44,48)(H,45,49)(H,46,47)/b31-19+. The van der Waals surface area contributed by atoms with Crippen LogP contribution in [0.2, 0.25) is 15.1 Å². The van der Waals surface area contributed by atoms with Gasteiger partial charge in [0.25, 0.3) is 11.8 Å². The molecule has 5 rings (SSSR count). The Balaban J connectivity index is 1.41. The van der Waals surface area contributed by atoms with E-state index in [0.717, 1.165) is 30.0 Å². The number of halogens is 6. The van der Waals surface area contributed by atoms with Crippen molar-refractivity contribution in [3.63, 3.8) is 0 Å². The zero-order chi connectivity index (χ0) is 35.8. The Morgan fingerprint density at radius 3 is 2.10 bits per heavy atom. The number of hydrogen-bond acceptors (Lipinski definition) is 4. The summed E-state index contributed by atoms with van der Waals surface area (Å²) in [5, 5.41) is 7.39. The van der Waals surface area contributed by atoms with Crippen LogP contribution in [0.1, 0.15) is 32.3 Å². The third-order valence-electron chi connectivity index (χ3n) is 7.05. The molecular formula is C37H25Cl3F3N3O3S. The molecule has 5 aromatic carbocycles. The van der Waals surface area contributed by atoms with Crippen molar-refractivity contribution in [2.75, 3.05) is 10.6 Å². The largest absolute Gasteiger partial charge is 0.416 e. The minimum atomic E-state index is -4.64.